The molecule has 3 aromatic heterocycles. The molecule has 7 heteroatoms. The summed E-state index contributed by atoms with van der Waals surface area (Å²) in [7, 11) is 1.69. The summed E-state index contributed by atoms with van der Waals surface area (Å²) in [5.74, 6) is 0.258. The van der Waals surface area contributed by atoms with E-state index in [0.29, 0.717) is 24.7 Å². The smallest absolute Gasteiger partial charge is 0.276 e. The Labute approximate surface area is 166 Å². The van der Waals surface area contributed by atoms with E-state index in [0.717, 1.165) is 27.2 Å². The van der Waals surface area contributed by atoms with Crippen molar-refractivity contribution in [2.24, 2.45) is 0 Å². The molecule has 0 saturated carbocycles. The molecule has 142 valence electrons. The zero-order valence-corrected chi connectivity index (χ0v) is 16.5. The molecule has 0 fully saturated rings. The van der Waals surface area contributed by atoms with Crippen LogP contribution in [0.15, 0.2) is 54.0 Å². The highest BCUT2D eigenvalue weighted by Crippen LogP contribution is 2.30. The summed E-state index contributed by atoms with van der Waals surface area (Å²) in [6.45, 7) is 3.27. The molecule has 0 aliphatic heterocycles. The second-order valence-electron chi connectivity index (χ2n) is 6.44. The predicted molar refractivity (Wildman–Crippen MR) is 112 cm³/mol. The van der Waals surface area contributed by atoms with Gasteiger partial charge in [0.05, 0.1) is 12.3 Å². The summed E-state index contributed by atoms with van der Waals surface area (Å²) in [5, 5.41) is 6.52. The number of carbonyl (C=O) groups excluding carboxylic acids is 1. The summed E-state index contributed by atoms with van der Waals surface area (Å²) in [5.41, 5.74) is 3.52. The fourth-order valence-electron chi connectivity index (χ4n) is 3.09. The van der Waals surface area contributed by atoms with Crippen molar-refractivity contribution in [2.45, 2.75) is 13.5 Å². The van der Waals surface area contributed by atoms with E-state index in [1.807, 2.05) is 31.2 Å². The number of nitrogens with zero attached hydrogens (tertiary/aromatic N) is 3. The van der Waals surface area contributed by atoms with E-state index in [2.05, 4.69) is 38.1 Å². The second kappa shape index (κ2) is 7.92. The van der Waals surface area contributed by atoms with Gasteiger partial charge in [0.2, 0.25) is 0 Å². The number of aryl methyl sites for hydroxylation is 1. The third-order valence-electron chi connectivity index (χ3n) is 4.44. The van der Waals surface area contributed by atoms with Crippen LogP contribution in [0, 0.1) is 6.92 Å². The lowest BCUT2D eigenvalue weighted by Crippen LogP contribution is -2.13. The first kappa shape index (κ1) is 18.3. The van der Waals surface area contributed by atoms with Crippen molar-refractivity contribution in [3.05, 3.63) is 65.3 Å². The zero-order chi connectivity index (χ0) is 19.5. The second-order valence-corrected chi connectivity index (χ2v) is 7.30. The van der Waals surface area contributed by atoms with Crippen molar-refractivity contribution < 1.29 is 9.53 Å². The van der Waals surface area contributed by atoms with E-state index in [1.165, 1.54) is 11.3 Å². The average Bonchev–Trinajstić information content (AvgIpc) is 3.31. The monoisotopic (exact) mass is 392 g/mol. The molecule has 28 heavy (non-hydrogen) atoms. The molecule has 0 radical (unpaired) electrons. The average molecular weight is 392 g/mol. The molecule has 6 nitrogen and oxygen atoms in total. The van der Waals surface area contributed by atoms with Gasteiger partial charge in [-0.05, 0) is 36.8 Å². The normalized spacial score (nSPS) is 11.1. The molecule has 1 aromatic carbocycles. The van der Waals surface area contributed by atoms with Gasteiger partial charge in [-0.25, -0.2) is 9.97 Å². The highest BCUT2D eigenvalue weighted by Gasteiger charge is 2.17. The third kappa shape index (κ3) is 3.67. The van der Waals surface area contributed by atoms with Crippen molar-refractivity contribution in [2.75, 3.05) is 19.0 Å². The third-order valence-corrected chi connectivity index (χ3v) is 5.31. The van der Waals surface area contributed by atoms with Crippen LogP contribution >= 0.6 is 11.3 Å². The lowest BCUT2D eigenvalue weighted by Gasteiger charge is -2.08. The Balaban J connectivity index is 1.64. The number of para-hydroxylation sites is 1. The van der Waals surface area contributed by atoms with Crippen LogP contribution in [0.3, 0.4) is 0 Å². The number of nitrogens with one attached hydrogen (secondary N) is 1. The predicted octanol–water partition coefficient (Wildman–Crippen LogP) is 4.37. The molecule has 0 spiro atoms. The lowest BCUT2D eigenvalue weighted by atomic mass is 10.2. The number of fused-ring (bicyclic) bond motifs is 1. The number of carbonyl (C=O) groups is 1. The zero-order valence-electron chi connectivity index (χ0n) is 15.7. The fourth-order valence-corrected chi connectivity index (χ4v) is 3.92. The van der Waals surface area contributed by atoms with E-state index < -0.39 is 0 Å². The molecule has 3 heterocycles. The Morgan fingerprint density at radius 2 is 2.11 bits per heavy atom. The van der Waals surface area contributed by atoms with Gasteiger partial charge in [0.15, 0.2) is 0 Å². The van der Waals surface area contributed by atoms with Gasteiger partial charge in [-0.3, -0.25) is 4.79 Å². The van der Waals surface area contributed by atoms with Crippen LogP contribution in [0.25, 0.3) is 21.6 Å². The standard InChI is InChI=1S/C21H20N4O2S/c1-14-7-8-22-19(11-14)24-20(26)16-13-28-21(23-16)18-12-15-5-3-4-6-17(15)25(18)9-10-27-2/h3-8,11-13H,9-10H2,1-2H3,(H,22,24,26). The molecule has 1 N–H and O–H groups in total. The Kier molecular flexibility index (Phi) is 5.18. The number of aromatic nitrogens is 3. The van der Waals surface area contributed by atoms with Gasteiger partial charge in [0.25, 0.3) is 5.91 Å². The number of thiazole rings is 1. The van der Waals surface area contributed by atoms with Gasteiger partial charge in [-0.15, -0.1) is 11.3 Å². The largest absolute Gasteiger partial charge is 0.383 e. The van der Waals surface area contributed by atoms with E-state index in [1.54, 1.807) is 18.7 Å². The number of methoxy groups -OCH3 is 1. The summed E-state index contributed by atoms with van der Waals surface area (Å²) in [6, 6.07) is 14.0. The van der Waals surface area contributed by atoms with Gasteiger partial charge in [0.1, 0.15) is 16.5 Å². The highest BCUT2D eigenvalue weighted by molar-refractivity contribution is 7.13. The molecule has 4 rings (SSSR count). The molecule has 0 saturated heterocycles. The van der Waals surface area contributed by atoms with Crippen molar-refractivity contribution in [1.82, 2.24) is 14.5 Å². The molecule has 1 amide bonds. The maximum atomic E-state index is 12.6. The summed E-state index contributed by atoms with van der Waals surface area (Å²) in [4.78, 5) is 21.3. The van der Waals surface area contributed by atoms with E-state index >= 15 is 0 Å². The number of anilines is 1. The fraction of sp³-hybridized carbons (Fsp3) is 0.190. The SMILES string of the molecule is COCCn1c(-c2nc(C(=O)Nc3cc(C)ccn3)cs2)cc2ccccc21. The van der Waals surface area contributed by atoms with Crippen LogP contribution in [-0.2, 0) is 11.3 Å². The van der Waals surface area contributed by atoms with Gasteiger partial charge in [0, 0.05) is 36.1 Å². The van der Waals surface area contributed by atoms with Crippen molar-refractivity contribution in [3.63, 3.8) is 0 Å². The van der Waals surface area contributed by atoms with Crippen molar-refractivity contribution in [1.29, 1.82) is 0 Å². The first-order valence-corrected chi connectivity index (χ1v) is 9.81. The molecule has 0 unspecified atom stereocenters. The number of hydrogen-bond donors (Lipinski definition) is 1. The maximum absolute atomic E-state index is 12.6. The van der Waals surface area contributed by atoms with Crippen molar-refractivity contribution >= 4 is 34.0 Å². The van der Waals surface area contributed by atoms with E-state index in [9.17, 15) is 4.79 Å². The van der Waals surface area contributed by atoms with Crippen LogP contribution < -0.4 is 5.32 Å². The molecule has 4 aromatic rings. The minimum absolute atomic E-state index is 0.264. The van der Waals surface area contributed by atoms with Crippen LogP contribution in [-0.4, -0.2) is 34.2 Å². The maximum Gasteiger partial charge on any atom is 0.276 e. The Hall–Kier alpha value is -3.03. The quantitative estimate of drug-likeness (QED) is 0.529. The summed E-state index contributed by atoms with van der Waals surface area (Å²) in [6.07, 6.45) is 1.67. The minimum Gasteiger partial charge on any atom is -0.383 e. The lowest BCUT2D eigenvalue weighted by molar-refractivity contribution is 0.102. The molecule has 0 aliphatic carbocycles. The number of hydrogen-bond acceptors (Lipinski definition) is 5. The number of pyridine rings is 1. The van der Waals surface area contributed by atoms with Crippen LogP contribution in [0.1, 0.15) is 16.1 Å². The Morgan fingerprint density at radius 1 is 1.25 bits per heavy atom. The molecule has 0 bridgehead atoms. The van der Waals surface area contributed by atoms with E-state index in [-0.39, 0.29) is 5.91 Å². The van der Waals surface area contributed by atoms with Gasteiger partial charge >= 0.3 is 0 Å². The summed E-state index contributed by atoms with van der Waals surface area (Å²) >= 11 is 1.45. The number of benzene rings is 1. The van der Waals surface area contributed by atoms with Crippen LogP contribution in [0.5, 0.6) is 0 Å². The van der Waals surface area contributed by atoms with Gasteiger partial charge in [-0.1, -0.05) is 18.2 Å². The first-order valence-electron chi connectivity index (χ1n) is 8.93. The molecule has 0 aliphatic rings. The minimum atomic E-state index is -0.264. The van der Waals surface area contributed by atoms with Gasteiger partial charge < -0.3 is 14.6 Å². The summed E-state index contributed by atoms with van der Waals surface area (Å²) < 4.78 is 7.45. The molecule has 0 atom stereocenters. The first-order chi connectivity index (χ1) is 13.7. The Bertz CT molecular complexity index is 1130. The van der Waals surface area contributed by atoms with Crippen molar-refractivity contribution in [3.8, 4) is 10.7 Å². The van der Waals surface area contributed by atoms with Crippen LogP contribution in [0.2, 0.25) is 0 Å². The van der Waals surface area contributed by atoms with Gasteiger partial charge in [-0.2, -0.15) is 0 Å². The Morgan fingerprint density at radius 3 is 2.93 bits per heavy atom. The highest BCUT2D eigenvalue weighted by atomic mass is 32.1. The number of ether oxygens (including phenoxy) is 1. The molecular weight excluding hydrogens is 372 g/mol. The van der Waals surface area contributed by atoms with Crippen LogP contribution in [0.4, 0.5) is 5.82 Å². The number of amides is 1. The molecular formula is C21H20N4O2S. The van der Waals surface area contributed by atoms with E-state index in [4.69, 9.17) is 4.74 Å². The topological polar surface area (TPSA) is 69.0 Å². The number of rotatable bonds is 6.